The molecule has 2 unspecified atom stereocenters. The Morgan fingerprint density at radius 1 is 1.38 bits per heavy atom. The molecule has 1 fully saturated rings. The van der Waals surface area contributed by atoms with E-state index in [1.165, 1.54) is 32.4 Å². The van der Waals surface area contributed by atoms with E-state index in [-0.39, 0.29) is 5.54 Å². The molecule has 0 aliphatic carbocycles. The Morgan fingerprint density at radius 2 is 2.00 bits per heavy atom. The maximum Gasteiger partial charge on any atom is 0.105 e. The summed E-state index contributed by atoms with van der Waals surface area (Å²) in [4.78, 5) is 2.52. The van der Waals surface area contributed by atoms with Crippen molar-refractivity contribution in [3.8, 4) is 6.07 Å². The van der Waals surface area contributed by atoms with Crippen molar-refractivity contribution >= 4 is 0 Å². The van der Waals surface area contributed by atoms with E-state index in [0.717, 1.165) is 13.0 Å². The van der Waals surface area contributed by atoms with E-state index in [9.17, 15) is 5.26 Å². The summed E-state index contributed by atoms with van der Waals surface area (Å²) in [5, 5.41) is 12.5. The number of hydrogen-bond donors (Lipinski definition) is 1. The molecule has 0 amide bonds. The molecule has 0 aromatic heterocycles. The van der Waals surface area contributed by atoms with Crippen LogP contribution in [0.1, 0.15) is 46.5 Å². The molecule has 1 rings (SSSR count). The van der Waals surface area contributed by atoms with Gasteiger partial charge in [-0.25, -0.2) is 0 Å². The lowest BCUT2D eigenvalue weighted by molar-refractivity contribution is 0.149. The van der Waals surface area contributed by atoms with Crippen LogP contribution in [-0.4, -0.2) is 36.1 Å². The van der Waals surface area contributed by atoms with Crippen molar-refractivity contribution in [1.82, 2.24) is 10.2 Å². The monoisotopic (exact) mass is 223 g/mol. The van der Waals surface area contributed by atoms with Crippen LogP contribution in [0.4, 0.5) is 0 Å². The van der Waals surface area contributed by atoms with E-state index in [1.807, 2.05) is 6.92 Å². The summed E-state index contributed by atoms with van der Waals surface area (Å²) in [6.07, 6.45) is 4.91. The second kappa shape index (κ2) is 6.22. The van der Waals surface area contributed by atoms with E-state index in [1.54, 1.807) is 0 Å². The van der Waals surface area contributed by atoms with Gasteiger partial charge in [-0.05, 0) is 52.7 Å². The fourth-order valence-electron chi connectivity index (χ4n) is 2.63. The maximum atomic E-state index is 9.23. The van der Waals surface area contributed by atoms with Gasteiger partial charge in [-0.3, -0.25) is 5.32 Å². The third-order valence-corrected chi connectivity index (χ3v) is 3.53. The fraction of sp³-hybridized carbons (Fsp3) is 0.923. The molecular formula is C13H25N3. The molecule has 0 spiro atoms. The molecule has 1 aliphatic heterocycles. The van der Waals surface area contributed by atoms with Gasteiger partial charge in [0.05, 0.1) is 6.07 Å². The van der Waals surface area contributed by atoms with Crippen molar-refractivity contribution < 1.29 is 0 Å². The zero-order chi connectivity index (χ0) is 12.0. The Labute approximate surface area is 99.8 Å². The maximum absolute atomic E-state index is 9.23. The van der Waals surface area contributed by atoms with Crippen LogP contribution >= 0.6 is 0 Å². The van der Waals surface area contributed by atoms with Gasteiger partial charge in [-0.1, -0.05) is 13.3 Å². The van der Waals surface area contributed by atoms with Crippen LogP contribution in [0.25, 0.3) is 0 Å². The SMILES string of the molecule is CCNC(C)(C#N)CC(C)N1CCCCC1. The molecule has 2 atom stereocenters. The molecule has 3 nitrogen and oxygen atoms in total. The molecule has 92 valence electrons. The minimum atomic E-state index is -0.369. The number of nitrogens with zero attached hydrogens (tertiary/aromatic N) is 2. The number of likely N-dealkylation sites (tertiary alicyclic amines) is 1. The van der Waals surface area contributed by atoms with Gasteiger partial charge >= 0.3 is 0 Å². The number of nitriles is 1. The van der Waals surface area contributed by atoms with Crippen molar-refractivity contribution in [2.45, 2.75) is 58.0 Å². The molecule has 1 aliphatic rings. The first-order valence-electron chi connectivity index (χ1n) is 6.51. The highest BCUT2D eigenvalue weighted by molar-refractivity contribution is 5.05. The Hall–Kier alpha value is -0.590. The van der Waals surface area contributed by atoms with Gasteiger partial charge < -0.3 is 4.90 Å². The molecule has 1 N–H and O–H groups in total. The summed E-state index contributed by atoms with van der Waals surface area (Å²) in [6, 6.07) is 2.92. The van der Waals surface area contributed by atoms with Crippen LogP contribution in [0.15, 0.2) is 0 Å². The van der Waals surface area contributed by atoms with Crippen molar-refractivity contribution in [1.29, 1.82) is 5.26 Å². The minimum absolute atomic E-state index is 0.369. The van der Waals surface area contributed by atoms with E-state index < -0.39 is 0 Å². The van der Waals surface area contributed by atoms with Crippen LogP contribution in [0.2, 0.25) is 0 Å². The van der Waals surface area contributed by atoms with Crippen molar-refractivity contribution in [2.24, 2.45) is 0 Å². The third kappa shape index (κ3) is 3.77. The van der Waals surface area contributed by atoms with E-state index in [4.69, 9.17) is 0 Å². The van der Waals surface area contributed by atoms with Gasteiger partial charge in [0.15, 0.2) is 0 Å². The van der Waals surface area contributed by atoms with Crippen LogP contribution in [0.5, 0.6) is 0 Å². The van der Waals surface area contributed by atoms with Crippen molar-refractivity contribution in [2.75, 3.05) is 19.6 Å². The molecule has 0 aromatic carbocycles. The minimum Gasteiger partial charge on any atom is -0.301 e. The summed E-state index contributed by atoms with van der Waals surface area (Å²) < 4.78 is 0. The normalized spacial score (nSPS) is 23.4. The zero-order valence-electron chi connectivity index (χ0n) is 10.9. The van der Waals surface area contributed by atoms with Gasteiger partial charge in [0, 0.05) is 6.04 Å². The molecule has 0 radical (unpaired) electrons. The second-order valence-electron chi connectivity index (χ2n) is 5.12. The molecule has 1 heterocycles. The topological polar surface area (TPSA) is 39.1 Å². The summed E-state index contributed by atoms with van der Waals surface area (Å²) in [5.41, 5.74) is -0.369. The Morgan fingerprint density at radius 3 is 2.50 bits per heavy atom. The Bertz CT molecular complexity index is 240. The Kier molecular flexibility index (Phi) is 5.24. The summed E-state index contributed by atoms with van der Waals surface area (Å²) in [7, 11) is 0. The Balaban J connectivity index is 2.47. The predicted octanol–water partition coefficient (Wildman–Crippen LogP) is 2.14. The first-order valence-corrected chi connectivity index (χ1v) is 6.51. The number of piperidine rings is 1. The first-order chi connectivity index (χ1) is 7.61. The average molecular weight is 223 g/mol. The lowest BCUT2D eigenvalue weighted by Gasteiger charge is -2.36. The van der Waals surface area contributed by atoms with Crippen LogP contribution in [0, 0.1) is 11.3 Å². The number of hydrogen-bond acceptors (Lipinski definition) is 3. The molecular weight excluding hydrogens is 198 g/mol. The highest BCUT2D eigenvalue weighted by Gasteiger charge is 2.28. The van der Waals surface area contributed by atoms with Crippen LogP contribution in [0.3, 0.4) is 0 Å². The lowest BCUT2D eigenvalue weighted by Crippen LogP contribution is -2.48. The zero-order valence-corrected chi connectivity index (χ0v) is 10.9. The lowest BCUT2D eigenvalue weighted by atomic mass is 9.93. The molecule has 0 aromatic rings. The molecule has 16 heavy (non-hydrogen) atoms. The van der Waals surface area contributed by atoms with E-state index in [0.29, 0.717) is 6.04 Å². The molecule has 3 heteroatoms. The van der Waals surface area contributed by atoms with Gasteiger partial charge in [0.25, 0.3) is 0 Å². The largest absolute Gasteiger partial charge is 0.301 e. The highest BCUT2D eigenvalue weighted by atomic mass is 15.2. The van der Waals surface area contributed by atoms with E-state index in [2.05, 4.69) is 30.1 Å². The second-order valence-corrected chi connectivity index (χ2v) is 5.12. The summed E-state index contributed by atoms with van der Waals surface area (Å²) in [6.45, 7) is 9.58. The smallest absolute Gasteiger partial charge is 0.105 e. The molecule has 0 saturated carbocycles. The van der Waals surface area contributed by atoms with Gasteiger partial charge in [-0.15, -0.1) is 0 Å². The standard InChI is InChI=1S/C13H25N3/c1-4-15-13(3,11-14)10-12(2)16-8-6-5-7-9-16/h12,15H,4-10H2,1-3H3. The van der Waals surface area contributed by atoms with Gasteiger partial charge in [0.1, 0.15) is 5.54 Å². The van der Waals surface area contributed by atoms with E-state index >= 15 is 0 Å². The first kappa shape index (κ1) is 13.5. The predicted molar refractivity (Wildman–Crippen MR) is 67.2 cm³/mol. The number of rotatable bonds is 5. The third-order valence-electron chi connectivity index (χ3n) is 3.53. The summed E-state index contributed by atoms with van der Waals surface area (Å²) >= 11 is 0. The quantitative estimate of drug-likeness (QED) is 0.776. The van der Waals surface area contributed by atoms with Crippen LogP contribution in [-0.2, 0) is 0 Å². The fourth-order valence-corrected chi connectivity index (χ4v) is 2.63. The highest BCUT2D eigenvalue weighted by Crippen LogP contribution is 2.19. The van der Waals surface area contributed by atoms with Crippen molar-refractivity contribution in [3.05, 3.63) is 0 Å². The van der Waals surface area contributed by atoms with Crippen molar-refractivity contribution in [3.63, 3.8) is 0 Å². The number of nitrogens with one attached hydrogen (secondary N) is 1. The average Bonchev–Trinajstić information content (AvgIpc) is 2.30. The summed E-state index contributed by atoms with van der Waals surface area (Å²) in [5.74, 6) is 0. The van der Waals surface area contributed by atoms with Crippen LogP contribution < -0.4 is 5.32 Å². The molecule has 1 saturated heterocycles. The van der Waals surface area contributed by atoms with Gasteiger partial charge in [-0.2, -0.15) is 5.26 Å². The molecule has 0 bridgehead atoms. The van der Waals surface area contributed by atoms with Gasteiger partial charge in [0.2, 0.25) is 0 Å².